The first-order valence-electron chi connectivity index (χ1n) is 23.2. The van der Waals surface area contributed by atoms with Crippen LogP contribution >= 0.6 is 15.6 Å². The van der Waals surface area contributed by atoms with E-state index in [0.29, 0.717) is 37.6 Å². The zero-order chi connectivity index (χ0) is 44.4. The molecule has 0 aliphatic rings. The lowest BCUT2D eigenvalue weighted by Gasteiger charge is -2.17. The summed E-state index contributed by atoms with van der Waals surface area (Å²) in [4.78, 5) is 26.9. The van der Waals surface area contributed by atoms with Crippen molar-refractivity contribution in [2.75, 3.05) is 59.5 Å². The van der Waals surface area contributed by atoms with Crippen molar-refractivity contribution in [3.8, 4) is 0 Å². The first kappa shape index (κ1) is 60.2. The van der Waals surface area contributed by atoms with Crippen molar-refractivity contribution in [1.82, 2.24) is 0 Å². The molecule has 0 aromatic heterocycles. The Morgan fingerprint density at radius 3 is 0.862 bits per heavy atom. The van der Waals surface area contributed by atoms with E-state index in [9.17, 15) is 14.0 Å². The smallest absolute Gasteiger partial charge is 0.379 e. The van der Waals surface area contributed by atoms with Crippen LogP contribution in [0.15, 0.2) is 0 Å². The molecule has 0 aliphatic carbocycles. The van der Waals surface area contributed by atoms with Gasteiger partial charge in [0.15, 0.2) is 0 Å². The highest BCUT2D eigenvalue weighted by molar-refractivity contribution is 7.47. The first-order chi connectivity index (χ1) is 27.1. The van der Waals surface area contributed by atoms with Gasteiger partial charge in [0.05, 0.1) is 39.6 Å². The zero-order valence-electron chi connectivity index (χ0n) is 39.7. The molecule has 0 amide bonds. The predicted molar refractivity (Wildman–Crippen MR) is 241 cm³/mol. The monoisotopic (exact) mass is 875 g/mol. The fraction of sp³-hybridized carbons (Fsp3) is 1.00. The van der Waals surface area contributed by atoms with Gasteiger partial charge in [0.1, 0.15) is 0 Å². The van der Waals surface area contributed by atoms with Crippen LogP contribution in [0.5, 0.6) is 0 Å². The topological polar surface area (TPSA) is 150 Å². The van der Waals surface area contributed by atoms with Crippen LogP contribution in [-0.2, 0) is 36.9 Å². The van der Waals surface area contributed by atoms with Crippen LogP contribution in [0.1, 0.15) is 179 Å². The molecular weight excluding hydrogens is 778 g/mol. The van der Waals surface area contributed by atoms with Crippen LogP contribution in [0.3, 0.4) is 0 Å². The molecule has 11 nitrogen and oxygen atoms in total. The highest BCUT2D eigenvalue weighted by Gasteiger charge is 2.21. The second kappa shape index (κ2) is 37.6. The molecule has 0 fully saturated rings. The maximum absolute atomic E-state index is 12.0. The Kier molecular flexibility index (Phi) is 39.1. The Hall–Kier alpha value is 0.1000. The molecule has 6 atom stereocenters. The molecule has 0 rings (SSSR count). The maximum atomic E-state index is 12.0. The summed E-state index contributed by atoms with van der Waals surface area (Å²) in [5.74, 6) is 6.03. The number of hydrogen-bond donors (Lipinski definition) is 3. The van der Waals surface area contributed by atoms with Crippen LogP contribution in [-0.4, -0.2) is 74.1 Å². The molecule has 0 radical (unpaired) electrons. The maximum Gasteiger partial charge on any atom is 0.472 e. The summed E-state index contributed by atoms with van der Waals surface area (Å²) in [7, 11) is -8.42. The highest BCUT2D eigenvalue weighted by Crippen LogP contribution is 2.42. The largest absolute Gasteiger partial charge is 0.472 e. The molecule has 0 heterocycles. The normalized spacial score (nSPS) is 16.5. The molecule has 6 unspecified atom stereocenters. The fourth-order valence-corrected chi connectivity index (χ4v) is 7.54. The van der Waals surface area contributed by atoms with E-state index >= 15 is 0 Å². The molecule has 58 heavy (non-hydrogen) atoms. The van der Waals surface area contributed by atoms with Gasteiger partial charge in [0.25, 0.3) is 0 Å². The van der Waals surface area contributed by atoms with Crippen molar-refractivity contribution >= 4 is 15.6 Å². The van der Waals surface area contributed by atoms with Crippen LogP contribution in [0.4, 0.5) is 0 Å². The van der Waals surface area contributed by atoms with Crippen molar-refractivity contribution in [3.63, 3.8) is 0 Å². The molecule has 0 saturated carbocycles. The van der Waals surface area contributed by atoms with Crippen molar-refractivity contribution in [1.29, 1.82) is 0 Å². The van der Waals surface area contributed by atoms with Crippen LogP contribution in [0, 0.1) is 53.3 Å². The third-order valence-electron chi connectivity index (χ3n) is 10.6. The Labute approximate surface area is 358 Å². The summed E-state index contributed by atoms with van der Waals surface area (Å²) >= 11 is 0. The third kappa shape index (κ3) is 47.2. The Morgan fingerprint density at radius 2 is 0.603 bits per heavy atom. The SMILES string of the molecule is CC(C)CCCC(C)CCC(C)COCCOP(=O)(O)O.CC(C)CCCC(C)CCC(C)COCCOP(=O)(O)OCCOCC(C)CCC(C)CCCC(C)C. The molecule has 0 saturated heterocycles. The van der Waals surface area contributed by atoms with Gasteiger partial charge in [0, 0.05) is 19.8 Å². The van der Waals surface area contributed by atoms with E-state index in [0.717, 1.165) is 54.8 Å². The number of rotatable bonds is 39. The second-order valence-corrected chi connectivity index (χ2v) is 21.7. The summed E-state index contributed by atoms with van der Waals surface area (Å²) < 4.78 is 53.5. The number of phosphoric acid groups is 2. The molecule has 13 heteroatoms. The molecule has 0 aliphatic heterocycles. The van der Waals surface area contributed by atoms with Gasteiger partial charge in [0.2, 0.25) is 0 Å². The molecule has 3 N–H and O–H groups in total. The number of phosphoric ester groups is 2. The molecule has 0 aromatic rings. The third-order valence-corrected chi connectivity index (χ3v) is 12.1. The molecule has 0 aromatic carbocycles. The minimum atomic E-state index is -4.35. The van der Waals surface area contributed by atoms with E-state index in [1.807, 2.05) is 0 Å². The van der Waals surface area contributed by atoms with E-state index < -0.39 is 15.6 Å². The minimum Gasteiger partial charge on any atom is -0.379 e. The summed E-state index contributed by atoms with van der Waals surface area (Å²) in [6, 6.07) is 0. The van der Waals surface area contributed by atoms with Gasteiger partial charge in [-0.3, -0.25) is 13.6 Å². The quantitative estimate of drug-likeness (QED) is 0.0400. The van der Waals surface area contributed by atoms with Gasteiger partial charge in [-0.15, -0.1) is 0 Å². The average molecular weight is 875 g/mol. The van der Waals surface area contributed by atoms with Gasteiger partial charge in [-0.1, -0.05) is 160 Å². The molecule has 0 spiro atoms. The van der Waals surface area contributed by atoms with Crippen molar-refractivity contribution in [2.45, 2.75) is 179 Å². The van der Waals surface area contributed by atoms with Gasteiger partial charge >= 0.3 is 15.6 Å². The van der Waals surface area contributed by atoms with E-state index in [-0.39, 0.29) is 39.6 Å². The van der Waals surface area contributed by atoms with Crippen molar-refractivity contribution < 1.29 is 51.6 Å². The Bertz CT molecular complexity index is 950. The lowest BCUT2D eigenvalue weighted by atomic mass is 9.93. The first-order valence-corrected chi connectivity index (χ1v) is 26.2. The number of ether oxygens (including phenoxy) is 3. The van der Waals surface area contributed by atoms with Crippen LogP contribution in [0.25, 0.3) is 0 Å². The van der Waals surface area contributed by atoms with Gasteiger partial charge < -0.3 is 28.9 Å². The van der Waals surface area contributed by atoms with Crippen molar-refractivity contribution in [3.05, 3.63) is 0 Å². The Morgan fingerprint density at radius 1 is 0.345 bits per heavy atom. The number of hydrogen-bond acceptors (Lipinski definition) is 8. The van der Waals surface area contributed by atoms with Crippen LogP contribution in [0.2, 0.25) is 0 Å². The van der Waals surface area contributed by atoms with Crippen LogP contribution < -0.4 is 0 Å². The van der Waals surface area contributed by atoms with E-state index in [1.165, 1.54) is 77.0 Å². The van der Waals surface area contributed by atoms with Gasteiger partial charge in [-0.2, -0.15) is 0 Å². The van der Waals surface area contributed by atoms with Gasteiger partial charge in [-0.05, 0) is 72.5 Å². The summed E-state index contributed by atoms with van der Waals surface area (Å²) in [6.45, 7) is 29.9. The summed E-state index contributed by atoms with van der Waals surface area (Å²) in [5.41, 5.74) is 0. The minimum absolute atomic E-state index is 0.0410. The Balaban J connectivity index is 0. The lowest BCUT2D eigenvalue weighted by molar-refractivity contribution is 0.0425. The van der Waals surface area contributed by atoms with Crippen molar-refractivity contribution in [2.24, 2.45) is 53.3 Å². The van der Waals surface area contributed by atoms with E-state index in [2.05, 4.69) is 87.6 Å². The summed E-state index contributed by atoms with van der Waals surface area (Å²) in [5, 5.41) is 0. The molecule has 0 bridgehead atoms. The molecule has 352 valence electrons. The lowest BCUT2D eigenvalue weighted by Crippen LogP contribution is -2.13. The summed E-state index contributed by atoms with van der Waals surface area (Å²) in [6.07, 6.45) is 18.8. The second-order valence-electron chi connectivity index (χ2n) is 19.0. The molecular formula is C45H96O11P2. The fourth-order valence-electron chi connectivity index (χ4n) is 6.54. The zero-order valence-corrected chi connectivity index (χ0v) is 41.5. The highest BCUT2D eigenvalue weighted by atomic mass is 31.2. The van der Waals surface area contributed by atoms with Gasteiger partial charge in [-0.25, -0.2) is 9.13 Å². The standard InChI is InChI=1S/C30H63O6P.C15H33O5P/c1-25(2)11-9-13-27(5)15-17-29(7)23-33-19-21-35-37(31,32)36-22-20-34-24-30(8)18-16-28(6)14-10-12-26(3)4;1-13(2)6-5-7-14(3)8-9-15(4)12-19-10-11-20-21(16,17)18/h25-30H,9-24H2,1-8H3,(H,31,32);13-15H,5-12H2,1-4H3,(H2,16,17,18). The average Bonchev–Trinajstić information content (AvgIpc) is 3.11. The van der Waals surface area contributed by atoms with E-state index in [1.54, 1.807) is 0 Å². The van der Waals surface area contributed by atoms with E-state index in [4.69, 9.17) is 33.0 Å². The predicted octanol–water partition coefficient (Wildman–Crippen LogP) is 12.9.